The van der Waals surface area contributed by atoms with Crippen LogP contribution in [-0.4, -0.2) is 0 Å². The molecule has 0 heterocycles. The molecule has 3 rings (SSSR count). The molecule has 1 fully saturated rings. The minimum atomic E-state index is -0.170. The van der Waals surface area contributed by atoms with Gasteiger partial charge in [0.25, 0.3) is 0 Å². The number of hydrogen-bond acceptors (Lipinski definition) is 1. The molecule has 2 aromatic carbocycles. The van der Waals surface area contributed by atoms with Gasteiger partial charge in [-0.05, 0) is 53.6 Å². The van der Waals surface area contributed by atoms with E-state index in [1.165, 1.54) is 30.4 Å². The molecule has 0 saturated heterocycles. The molecule has 2 N–H and O–H groups in total. The molecular weight excluding hydrogens is 334 g/mol. The smallest absolute Gasteiger partial charge is 0.0569 e. The van der Waals surface area contributed by atoms with Gasteiger partial charge in [0, 0.05) is 9.50 Å². The minimum Gasteiger partial charge on any atom is -0.320 e. The molecule has 3 heteroatoms. The van der Waals surface area contributed by atoms with Gasteiger partial charge in [-0.1, -0.05) is 58.2 Å². The molecule has 1 unspecified atom stereocenters. The first-order chi connectivity index (χ1) is 9.66. The quantitative estimate of drug-likeness (QED) is 0.786. The maximum atomic E-state index is 6.50. The van der Waals surface area contributed by atoms with Crippen molar-refractivity contribution in [3.05, 3.63) is 68.7 Å². The van der Waals surface area contributed by atoms with Crippen LogP contribution in [0.1, 0.15) is 47.9 Å². The van der Waals surface area contributed by atoms with E-state index in [-0.39, 0.29) is 6.04 Å². The van der Waals surface area contributed by atoms with E-state index >= 15 is 0 Å². The van der Waals surface area contributed by atoms with Crippen molar-refractivity contribution < 1.29 is 0 Å². The van der Waals surface area contributed by atoms with Gasteiger partial charge in [0.2, 0.25) is 0 Å². The van der Waals surface area contributed by atoms with Crippen LogP contribution in [0.15, 0.2) is 46.9 Å². The number of nitrogens with two attached hydrogens (primary N) is 1. The van der Waals surface area contributed by atoms with Crippen molar-refractivity contribution in [2.45, 2.75) is 31.2 Å². The molecule has 0 radical (unpaired) electrons. The average molecular weight is 351 g/mol. The number of hydrogen-bond donors (Lipinski definition) is 1. The van der Waals surface area contributed by atoms with Crippen molar-refractivity contribution in [1.82, 2.24) is 0 Å². The van der Waals surface area contributed by atoms with Gasteiger partial charge in [-0.3, -0.25) is 0 Å². The summed E-state index contributed by atoms with van der Waals surface area (Å²) in [5.74, 6) is 0.670. The van der Waals surface area contributed by atoms with Gasteiger partial charge in [-0.2, -0.15) is 0 Å². The second-order valence-corrected chi connectivity index (χ2v) is 6.72. The van der Waals surface area contributed by atoms with Crippen molar-refractivity contribution in [3.8, 4) is 0 Å². The Morgan fingerprint density at radius 1 is 1.10 bits per heavy atom. The van der Waals surface area contributed by atoms with Crippen molar-refractivity contribution in [3.63, 3.8) is 0 Å². The van der Waals surface area contributed by atoms with Crippen LogP contribution >= 0.6 is 27.5 Å². The van der Waals surface area contributed by atoms with Crippen molar-refractivity contribution in [1.29, 1.82) is 0 Å². The van der Waals surface area contributed by atoms with Crippen molar-refractivity contribution in [2.75, 3.05) is 0 Å². The van der Waals surface area contributed by atoms with Gasteiger partial charge in [0.05, 0.1) is 6.04 Å². The standard InChI is InChI=1S/C17H17BrClN/c18-12-8-9-16(19)15(10-12)17(20)14-7-2-1-6-13(14)11-4-3-5-11/h1-2,6-11,17H,3-5,20H2. The maximum Gasteiger partial charge on any atom is 0.0569 e. The van der Waals surface area contributed by atoms with Crippen LogP contribution in [0.4, 0.5) is 0 Å². The van der Waals surface area contributed by atoms with E-state index < -0.39 is 0 Å². The molecule has 1 atom stereocenters. The Labute approximate surface area is 133 Å². The molecule has 1 aliphatic carbocycles. The predicted octanol–water partition coefficient (Wildman–Crippen LogP) is 5.42. The Kier molecular flexibility index (Phi) is 4.16. The fourth-order valence-corrected chi connectivity index (χ4v) is 3.42. The van der Waals surface area contributed by atoms with Crippen LogP contribution in [0.3, 0.4) is 0 Å². The molecule has 0 aliphatic heterocycles. The van der Waals surface area contributed by atoms with Crippen molar-refractivity contribution in [2.24, 2.45) is 5.73 Å². The Morgan fingerprint density at radius 3 is 2.55 bits per heavy atom. The lowest BCUT2D eigenvalue weighted by molar-refractivity contribution is 0.416. The lowest BCUT2D eigenvalue weighted by atomic mass is 9.76. The largest absolute Gasteiger partial charge is 0.320 e. The number of benzene rings is 2. The summed E-state index contributed by atoms with van der Waals surface area (Å²) >= 11 is 9.82. The summed E-state index contributed by atoms with van der Waals surface area (Å²) in [7, 11) is 0. The Balaban J connectivity index is 2.01. The lowest BCUT2D eigenvalue weighted by Crippen LogP contribution is -2.18. The van der Waals surface area contributed by atoms with E-state index in [0.717, 1.165) is 15.1 Å². The summed E-state index contributed by atoms with van der Waals surface area (Å²) < 4.78 is 1.01. The zero-order valence-corrected chi connectivity index (χ0v) is 13.5. The zero-order valence-electron chi connectivity index (χ0n) is 11.2. The first kappa shape index (κ1) is 14.1. The third-order valence-corrected chi connectivity index (χ3v) is 5.01. The van der Waals surface area contributed by atoms with Crippen LogP contribution < -0.4 is 5.73 Å². The summed E-state index contributed by atoms with van der Waals surface area (Å²) in [6, 6.07) is 14.2. The summed E-state index contributed by atoms with van der Waals surface area (Å²) in [6.45, 7) is 0. The Hall–Kier alpha value is -0.830. The second kappa shape index (κ2) is 5.88. The van der Waals surface area contributed by atoms with E-state index in [1.807, 2.05) is 18.2 Å². The summed E-state index contributed by atoms with van der Waals surface area (Å²) in [6.07, 6.45) is 3.87. The van der Waals surface area contributed by atoms with Crippen LogP contribution in [0.25, 0.3) is 0 Å². The van der Waals surface area contributed by atoms with Crippen LogP contribution in [0, 0.1) is 0 Å². The van der Waals surface area contributed by atoms with Gasteiger partial charge in [0.1, 0.15) is 0 Å². The molecule has 0 aromatic heterocycles. The first-order valence-corrected chi connectivity index (χ1v) is 8.13. The monoisotopic (exact) mass is 349 g/mol. The first-order valence-electron chi connectivity index (χ1n) is 6.96. The fraction of sp³-hybridized carbons (Fsp3) is 0.294. The van der Waals surface area contributed by atoms with E-state index in [0.29, 0.717) is 5.92 Å². The highest BCUT2D eigenvalue weighted by atomic mass is 79.9. The lowest BCUT2D eigenvalue weighted by Gasteiger charge is -2.30. The molecule has 0 spiro atoms. The molecular formula is C17H17BrClN. The van der Waals surface area contributed by atoms with Gasteiger partial charge < -0.3 is 5.73 Å². The van der Waals surface area contributed by atoms with E-state index in [4.69, 9.17) is 17.3 Å². The van der Waals surface area contributed by atoms with Crippen molar-refractivity contribution >= 4 is 27.5 Å². The normalized spacial score (nSPS) is 16.8. The molecule has 20 heavy (non-hydrogen) atoms. The molecule has 2 aromatic rings. The topological polar surface area (TPSA) is 26.0 Å². The van der Waals surface area contributed by atoms with Gasteiger partial charge in [0.15, 0.2) is 0 Å². The maximum absolute atomic E-state index is 6.50. The highest BCUT2D eigenvalue weighted by Gasteiger charge is 2.25. The van der Waals surface area contributed by atoms with Crippen LogP contribution in [0.2, 0.25) is 5.02 Å². The minimum absolute atomic E-state index is 0.170. The molecule has 1 saturated carbocycles. The van der Waals surface area contributed by atoms with E-state index in [9.17, 15) is 0 Å². The fourth-order valence-electron chi connectivity index (χ4n) is 2.81. The van der Waals surface area contributed by atoms with Crippen LogP contribution in [-0.2, 0) is 0 Å². The molecule has 104 valence electrons. The highest BCUT2D eigenvalue weighted by Crippen LogP contribution is 2.41. The molecule has 0 amide bonds. The average Bonchev–Trinajstić information content (AvgIpc) is 2.39. The number of halogens is 2. The summed E-state index contributed by atoms with van der Waals surface area (Å²) in [5.41, 5.74) is 10.1. The third-order valence-electron chi connectivity index (χ3n) is 4.17. The van der Waals surface area contributed by atoms with Crippen LogP contribution in [0.5, 0.6) is 0 Å². The second-order valence-electron chi connectivity index (χ2n) is 5.40. The number of rotatable bonds is 3. The predicted molar refractivity (Wildman–Crippen MR) is 88.2 cm³/mol. The Morgan fingerprint density at radius 2 is 1.85 bits per heavy atom. The molecule has 1 nitrogen and oxygen atoms in total. The molecule has 0 bridgehead atoms. The highest BCUT2D eigenvalue weighted by molar-refractivity contribution is 9.10. The van der Waals surface area contributed by atoms with E-state index in [2.05, 4.69) is 40.2 Å². The zero-order chi connectivity index (χ0) is 14.1. The van der Waals surface area contributed by atoms with Gasteiger partial charge in [-0.15, -0.1) is 0 Å². The molecule has 1 aliphatic rings. The van der Waals surface area contributed by atoms with E-state index in [1.54, 1.807) is 0 Å². The Bertz CT molecular complexity index is 622. The summed E-state index contributed by atoms with van der Waals surface area (Å²) in [5, 5.41) is 0.726. The van der Waals surface area contributed by atoms with Gasteiger partial charge in [-0.25, -0.2) is 0 Å². The summed E-state index contributed by atoms with van der Waals surface area (Å²) in [4.78, 5) is 0. The van der Waals surface area contributed by atoms with Gasteiger partial charge >= 0.3 is 0 Å². The third kappa shape index (κ3) is 2.65. The SMILES string of the molecule is NC(c1cc(Br)ccc1Cl)c1ccccc1C1CCC1.